The van der Waals surface area contributed by atoms with Crippen LogP contribution >= 0.6 is 0 Å². The average molecular weight is 343 g/mol. The number of carbonyl (C=O) groups excluding carboxylic acids is 1. The first kappa shape index (κ1) is 18.3. The number of hydrogen-bond donors (Lipinski definition) is 2. The first-order chi connectivity index (χ1) is 12.0. The summed E-state index contributed by atoms with van der Waals surface area (Å²) in [6, 6.07) is 13.9. The second-order valence-corrected chi connectivity index (χ2v) is 5.53. The first-order valence-corrected chi connectivity index (χ1v) is 8.02. The Balaban J connectivity index is 2.22. The molecule has 0 radical (unpaired) electrons. The van der Waals surface area contributed by atoms with Gasteiger partial charge in [0, 0.05) is 12.1 Å². The smallest absolute Gasteiger partial charge is 0.411 e. The molecule has 0 aliphatic rings. The molecule has 1 atom stereocenters. The molecule has 6 heteroatoms. The average Bonchev–Trinajstić information content (AvgIpc) is 2.61. The van der Waals surface area contributed by atoms with Crippen molar-refractivity contribution in [3.05, 3.63) is 65.7 Å². The molecular formula is C19H21NO5. The van der Waals surface area contributed by atoms with E-state index in [1.165, 1.54) is 12.1 Å². The minimum absolute atomic E-state index is 0.0486. The number of amides is 1. The Hall–Kier alpha value is -3.02. The number of carbonyl (C=O) groups is 2. The van der Waals surface area contributed by atoms with E-state index in [-0.39, 0.29) is 24.5 Å². The van der Waals surface area contributed by atoms with Gasteiger partial charge in [-0.2, -0.15) is 0 Å². The Kier molecular flexibility index (Phi) is 6.39. The number of phenols is 1. The Bertz CT molecular complexity index is 717. The van der Waals surface area contributed by atoms with Crippen LogP contribution in [0, 0.1) is 0 Å². The minimum Gasteiger partial charge on any atom is -0.508 e. The predicted octanol–water partition coefficient (Wildman–Crippen LogP) is 3.57. The van der Waals surface area contributed by atoms with Crippen molar-refractivity contribution in [3.8, 4) is 5.75 Å². The number of rotatable bonds is 7. The van der Waals surface area contributed by atoms with E-state index in [4.69, 9.17) is 4.74 Å². The summed E-state index contributed by atoms with van der Waals surface area (Å²) < 4.78 is 5.28. The van der Waals surface area contributed by atoms with Crippen molar-refractivity contribution in [1.29, 1.82) is 0 Å². The molecule has 2 rings (SSSR count). The van der Waals surface area contributed by atoms with Crippen molar-refractivity contribution in [2.45, 2.75) is 26.0 Å². The van der Waals surface area contributed by atoms with Crippen LogP contribution < -0.4 is 0 Å². The lowest BCUT2D eigenvalue weighted by molar-refractivity contribution is -0.143. The first-order valence-electron chi connectivity index (χ1n) is 8.02. The van der Waals surface area contributed by atoms with Crippen molar-refractivity contribution in [3.63, 3.8) is 0 Å². The molecule has 0 saturated carbocycles. The van der Waals surface area contributed by atoms with Gasteiger partial charge in [0.25, 0.3) is 0 Å². The van der Waals surface area contributed by atoms with Crippen molar-refractivity contribution in [2.24, 2.45) is 0 Å². The highest BCUT2D eigenvalue weighted by atomic mass is 16.6. The maximum absolute atomic E-state index is 12.5. The Morgan fingerprint density at radius 3 is 2.32 bits per heavy atom. The Morgan fingerprint density at radius 1 is 1.08 bits per heavy atom. The van der Waals surface area contributed by atoms with Gasteiger partial charge in [0.15, 0.2) is 6.04 Å². The second kappa shape index (κ2) is 8.73. The lowest BCUT2D eigenvalue weighted by Gasteiger charge is -2.28. The zero-order valence-corrected chi connectivity index (χ0v) is 14.0. The molecule has 6 nitrogen and oxygen atoms in total. The van der Waals surface area contributed by atoms with E-state index in [0.29, 0.717) is 6.42 Å². The maximum Gasteiger partial charge on any atom is 0.411 e. The third-order valence-electron chi connectivity index (χ3n) is 3.68. The van der Waals surface area contributed by atoms with Crippen LogP contribution in [-0.2, 0) is 16.1 Å². The standard InChI is InChI=1S/C19H21NO5/c1-2-12-20(19(24)25-13-14-8-4-3-5-9-14)17(18(22)23)15-10-6-7-11-16(15)21/h3-11,17,21H,2,12-13H2,1H3,(H,22,23). The number of benzene rings is 2. The van der Waals surface area contributed by atoms with Gasteiger partial charge < -0.3 is 14.9 Å². The monoisotopic (exact) mass is 343 g/mol. The summed E-state index contributed by atoms with van der Waals surface area (Å²) >= 11 is 0. The summed E-state index contributed by atoms with van der Waals surface area (Å²) in [5.41, 5.74) is 0.960. The van der Waals surface area contributed by atoms with Crippen LogP contribution in [0.4, 0.5) is 4.79 Å². The van der Waals surface area contributed by atoms with Gasteiger partial charge >= 0.3 is 12.1 Å². The predicted molar refractivity (Wildman–Crippen MR) is 92.1 cm³/mol. The summed E-state index contributed by atoms with van der Waals surface area (Å²) in [5.74, 6) is -1.40. The molecule has 132 valence electrons. The van der Waals surface area contributed by atoms with E-state index in [0.717, 1.165) is 10.5 Å². The topological polar surface area (TPSA) is 87.1 Å². The molecule has 1 unspecified atom stereocenters. The minimum atomic E-state index is -1.32. The van der Waals surface area contributed by atoms with Crippen molar-refractivity contribution in [1.82, 2.24) is 4.90 Å². The van der Waals surface area contributed by atoms with E-state index in [9.17, 15) is 19.8 Å². The highest BCUT2D eigenvalue weighted by Gasteiger charge is 2.33. The van der Waals surface area contributed by atoms with Gasteiger partial charge in [0.1, 0.15) is 12.4 Å². The number of carboxylic acids is 1. The second-order valence-electron chi connectivity index (χ2n) is 5.53. The summed E-state index contributed by atoms with van der Waals surface area (Å²) in [5, 5.41) is 19.6. The highest BCUT2D eigenvalue weighted by Crippen LogP contribution is 2.29. The molecule has 0 spiro atoms. The van der Waals surface area contributed by atoms with Crippen LogP contribution in [0.3, 0.4) is 0 Å². The van der Waals surface area contributed by atoms with E-state index >= 15 is 0 Å². The molecule has 0 bridgehead atoms. The van der Waals surface area contributed by atoms with Crippen molar-refractivity contribution in [2.75, 3.05) is 6.54 Å². The fourth-order valence-corrected chi connectivity index (χ4v) is 2.52. The van der Waals surface area contributed by atoms with E-state index in [2.05, 4.69) is 0 Å². The normalized spacial score (nSPS) is 11.6. The van der Waals surface area contributed by atoms with E-state index < -0.39 is 18.1 Å². The highest BCUT2D eigenvalue weighted by molar-refractivity contribution is 5.82. The van der Waals surface area contributed by atoms with Gasteiger partial charge in [-0.15, -0.1) is 0 Å². The van der Waals surface area contributed by atoms with E-state index in [1.807, 2.05) is 37.3 Å². The Labute approximate surface area is 146 Å². The van der Waals surface area contributed by atoms with Gasteiger partial charge in [0.2, 0.25) is 0 Å². The van der Waals surface area contributed by atoms with Crippen LogP contribution in [0.25, 0.3) is 0 Å². The molecular weight excluding hydrogens is 322 g/mol. The summed E-state index contributed by atoms with van der Waals surface area (Å²) in [7, 11) is 0. The molecule has 0 aliphatic heterocycles. The summed E-state index contributed by atoms with van der Waals surface area (Å²) in [6.07, 6.45) is -0.181. The quantitative estimate of drug-likeness (QED) is 0.802. The van der Waals surface area contributed by atoms with Gasteiger partial charge in [-0.25, -0.2) is 9.59 Å². The molecule has 2 aromatic rings. The van der Waals surface area contributed by atoms with Gasteiger partial charge in [-0.1, -0.05) is 55.5 Å². The molecule has 0 aromatic heterocycles. The molecule has 25 heavy (non-hydrogen) atoms. The van der Waals surface area contributed by atoms with Crippen LogP contribution in [0.15, 0.2) is 54.6 Å². The van der Waals surface area contributed by atoms with Crippen molar-refractivity contribution >= 4 is 12.1 Å². The van der Waals surface area contributed by atoms with Crippen LogP contribution in [0.2, 0.25) is 0 Å². The number of carboxylic acid groups (broad SMARTS) is 1. The fourth-order valence-electron chi connectivity index (χ4n) is 2.52. The zero-order chi connectivity index (χ0) is 18.2. The lowest BCUT2D eigenvalue weighted by Crippen LogP contribution is -2.39. The number of para-hydroxylation sites is 1. The summed E-state index contributed by atoms with van der Waals surface area (Å²) in [6.45, 7) is 2.08. The van der Waals surface area contributed by atoms with Crippen LogP contribution in [-0.4, -0.2) is 33.7 Å². The number of ether oxygens (including phenoxy) is 1. The molecule has 0 aliphatic carbocycles. The molecule has 0 saturated heterocycles. The number of hydrogen-bond acceptors (Lipinski definition) is 4. The third-order valence-corrected chi connectivity index (χ3v) is 3.68. The molecule has 2 aromatic carbocycles. The molecule has 1 amide bonds. The number of aliphatic carboxylic acids is 1. The SMILES string of the molecule is CCCN(C(=O)OCc1ccccc1)C(C(=O)O)c1ccccc1O. The number of nitrogens with zero attached hydrogens (tertiary/aromatic N) is 1. The van der Waals surface area contributed by atoms with Crippen LogP contribution in [0.1, 0.15) is 30.5 Å². The molecule has 2 N–H and O–H groups in total. The van der Waals surface area contributed by atoms with E-state index in [1.54, 1.807) is 12.1 Å². The Morgan fingerprint density at radius 2 is 1.72 bits per heavy atom. The lowest BCUT2D eigenvalue weighted by atomic mass is 10.0. The fraction of sp³-hybridized carbons (Fsp3) is 0.263. The van der Waals surface area contributed by atoms with Crippen LogP contribution in [0.5, 0.6) is 5.75 Å². The third kappa shape index (κ3) is 4.73. The summed E-state index contributed by atoms with van der Waals surface area (Å²) in [4.78, 5) is 25.4. The van der Waals surface area contributed by atoms with Gasteiger partial charge in [-0.3, -0.25) is 4.90 Å². The molecule has 0 fully saturated rings. The number of phenolic OH excluding ortho intramolecular Hbond substituents is 1. The number of aromatic hydroxyl groups is 1. The molecule has 0 heterocycles. The zero-order valence-electron chi connectivity index (χ0n) is 14.0. The van der Waals surface area contributed by atoms with Gasteiger partial charge in [0.05, 0.1) is 0 Å². The largest absolute Gasteiger partial charge is 0.508 e. The van der Waals surface area contributed by atoms with Crippen molar-refractivity contribution < 1.29 is 24.5 Å². The maximum atomic E-state index is 12.5. The van der Waals surface area contributed by atoms with Gasteiger partial charge in [-0.05, 0) is 18.1 Å².